The zero-order chi connectivity index (χ0) is 22.6. The SMILES string of the molecule is CN/C=C/C=C/C=[NH+]C.CNC=CC=CC=[N+](C)C.CNC=CC=CC=[N+](C)C. The number of allylic oxidation sites excluding steroid dienone is 9. The van der Waals surface area contributed by atoms with Crippen LogP contribution in [0, 0.1) is 0 Å². The number of nitrogens with zero attached hydrogens (tertiary/aromatic N) is 2. The van der Waals surface area contributed by atoms with Crippen molar-refractivity contribution >= 4 is 18.6 Å². The van der Waals surface area contributed by atoms with Crippen LogP contribution >= 0.6 is 0 Å². The van der Waals surface area contributed by atoms with Gasteiger partial charge in [-0.2, -0.15) is 0 Å². The highest BCUT2D eigenvalue weighted by Crippen LogP contribution is 1.71. The van der Waals surface area contributed by atoms with Crippen molar-refractivity contribution in [2.45, 2.75) is 0 Å². The first kappa shape index (κ1) is 30.6. The molecule has 29 heavy (non-hydrogen) atoms. The highest BCUT2D eigenvalue weighted by molar-refractivity contribution is 5.66. The summed E-state index contributed by atoms with van der Waals surface area (Å²) in [5.41, 5.74) is 0. The minimum atomic E-state index is 1.86. The molecule has 0 aliphatic rings. The molecule has 0 aromatic carbocycles. The van der Waals surface area contributed by atoms with Gasteiger partial charge in [-0.25, -0.2) is 9.15 Å². The van der Waals surface area contributed by atoms with Crippen LogP contribution < -0.4 is 20.9 Å². The molecule has 0 saturated carbocycles. The Morgan fingerprint density at radius 3 is 1.14 bits per heavy atom. The summed E-state index contributed by atoms with van der Waals surface area (Å²) in [4.78, 5) is 2.88. The van der Waals surface area contributed by atoms with E-state index in [1.807, 2.05) is 157 Å². The van der Waals surface area contributed by atoms with Crippen LogP contribution in [-0.2, 0) is 0 Å². The molecule has 0 atom stereocenters. The van der Waals surface area contributed by atoms with Crippen LogP contribution in [0.15, 0.2) is 73.3 Å². The fourth-order valence-electron chi connectivity index (χ4n) is 1.24. The van der Waals surface area contributed by atoms with Crippen LogP contribution in [0.25, 0.3) is 0 Å². The maximum atomic E-state index is 2.90. The molecule has 4 N–H and O–H groups in total. The Morgan fingerprint density at radius 2 is 0.862 bits per heavy atom. The van der Waals surface area contributed by atoms with Crippen LogP contribution in [-0.4, -0.2) is 84.2 Å². The molecule has 0 aliphatic heterocycles. The van der Waals surface area contributed by atoms with Gasteiger partial charge < -0.3 is 16.0 Å². The van der Waals surface area contributed by atoms with Crippen molar-refractivity contribution in [2.24, 2.45) is 0 Å². The van der Waals surface area contributed by atoms with Crippen LogP contribution in [0.4, 0.5) is 0 Å². The normalized spacial score (nSPS) is 11.2. The van der Waals surface area contributed by atoms with E-state index in [9.17, 15) is 0 Å². The van der Waals surface area contributed by atoms with E-state index in [0.29, 0.717) is 0 Å². The first-order valence-electron chi connectivity index (χ1n) is 9.46. The standard InChI is InChI=1S/2C8H14N2.C7H12N2/c2*1-9-7-5-4-6-8-10(2)3;1-8-6-4-3-5-7-9-2/h2*4-8H,1-3H3;3-8H,1-2H3/p+3/b;;5-3+,6-4+,9-7?. The molecular weight excluding hydrogens is 360 g/mol. The second-order valence-electron chi connectivity index (χ2n) is 5.78. The van der Waals surface area contributed by atoms with Crippen LogP contribution in [0.1, 0.15) is 0 Å². The van der Waals surface area contributed by atoms with Gasteiger partial charge in [-0.3, -0.25) is 4.99 Å². The molecule has 0 amide bonds. The van der Waals surface area contributed by atoms with Gasteiger partial charge in [0, 0.05) is 39.4 Å². The molecule has 0 bridgehead atoms. The molecule has 6 heteroatoms. The van der Waals surface area contributed by atoms with Crippen molar-refractivity contribution in [3.05, 3.63) is 73.3 Å². The molecule has 0 aromatic heterocycles. The summed E-state index contributed by atoms with van der Waals surface area (Å²) in [5.74, 6) is 0. The smallest absolute Gasteiger partial charge is 0.162 e. The zero-order valence-electron chi connectivity index (χ0n) is 19.6. The molecule has 0 aromatic rings. The first-order chi connectivity index (χ1) is 14.0. The lowest BCUT2D eigenvalue weighted by atomic mass is 10.5. The number of nitrogens with one attached hydrogen (secondary N) is 4. The Balaban J connectivity index is -0.000000350. The van der Waals surface area contributed by atoms with Crippen molar-refractivity contribution in [2.75, 3.05) is 56.4 Å². The maximum absolute atomic E-state index is 2.90. The Hall–Kier alpha value is -3.15. The summed E-state index contributed by atoms with van der Waals surface area (Å²) >= 11 is 0. The van der Waals surface area contributed by atoms with Crippen LogP contribution in [0.2, 0.25) is 0 Å². The molecule has 6 nitrogen and oxygen atoms in total. The lowest BCUT2D eigenvalue weighted by Crippen LogP contribution is -2.62. The minimum absolute atomic E-state index is 1.86. The van der Waals surface area contributed by atoms with Crippen molar-refractivity contribution in [3.8, 4) is 0 Å². The summed E-state index contributed by atoms with van der Waals surface area (Å²) in [6.07, 6.45) is 29.0. The molecule has 0 spiro atoms. The third-order valence-corrected chi connectivity index (χ3v) is 2.49. The quantitative estimate of drug-likeness (QED) is 0.254. The van der Waals surface area contributed by atoms with E-state index in [1.165, 1.54) is 0 Å². The number of rotatable bonds is 9. The average molecular weight is 404 g/mol. The summed E-state index contributed by atoms with van der Waals surface area (Å²) in [5, 5.41) is 8.67. The third-order valence-electron chi connectivity index (χ3n) is 2.49. The van der Waals surface area contributed by atoms with Crippen LogP contribution in [0.3, 0.4) is 0 Å². The topological polar surface area (TPSA) is 56.1 Å². The molecular formula is C23H43N6+3. The second-order valence-corrected chi connectivity index (χ2v) is 5.78. The molecule has 0 unspecified atom stereocenters. The number of hydrogen-bond acceptors (Lipinski definition) is 3. The van der Waals surface area contributed by atoms with Gasteiger partial charge >= 0.3 is 0 Å². The molecule has 0 rings (SSSR count). The predicted molar refractivity (Wildman–Crippen MR) is 131 cm³/mol. The van der Waals surface area contributed by atoms with Gasteiger partial charge in [-0.05, 0) is 36.8 Å². The van der Waals surface area contributed by atoms with E-state index < -0.39 is 0 Å². The Morgan fingerprint density at radius 1 is 0.517 bits per heavy atom. The summed E-state index contributed by atoms with van der Waals surface area (Å²) < 4.78 is 3.98. The molecule has 162 valence electrons. The van der Waals surface area contributed by atoms with E-state index in [1.54, 1.807) is 0 Å². The van der Waals surface area contributed by atoms with Gasteiger partial charge in [0.25, 0.3) is 0 Å². The van der Waals surface area contributed by atoms with Crippen LogP contribution in [0.5, 0.6) is 0 Å². The first-order valence-corrected chi connectivity index (χ1v) is 9.46. The van der Waals surface area contributed by atoms with Gasteiger partial charge in [0.1, 0.15) is 35.2 Å². The van der Waals surface area contributed by atoms with Gasteiger partial charge in [0.15, 0.2) is 18.6 Å². The predicted octanol–water partition coefficient (Wildman–Crippen LogP) is 0.294. The van der Waals surface area contributed by atoms with Crippen molar-refractivity contribution in [3.63, 3.8) is 0 Å². The fraction of sp³-hybridized carbons (Fsp3) is 0.348. The van der Waals surface area contributed by atoms with E-state index >= 15 is 0 Å². The molecule has 0 fully saturated rings. The second kappa shape index (κ2) is 29.6. The lowest BCUT2D eigenvalue weighted by Gasteiger charge is -1.79. The largest absolute Gasteiger partial charge is 0.394 e. The summed E-state index contributed by atoms with van der Waals surface area (Å²) in [6, 6.07) is 0. The van der Waals surface area contributed by atoms with Crippen molar-refractivity contribution in [1.29, 1.82) is 0 Å². The van der Waals surface area contributed by atoms with Gasteiger partial charge in [0.2, 0.25) is 0 Å². The average Bonchev–Trinajstić information content (AvgIpc) is 2.68. The van der Waals surface area contributed by atoms with Crippen molar-refractivity contribution in [1.82, 2.24) is 16.0 Å². The van der Waals surface area contributed by atoms with E-state index in [0.717, 1.165) is 0 Å². The minimum Gasteiger partial charge on any atom is -0.394 e. The fourth-order valence-corrected chi connectivity index (χ4v) is 1.24. The number of hydrogen-bond donors (Lipinski definition) is 4. The van der Waals surface area contributed by atoms with E-state index in [2.05, 4.69) is 20.9 Å². The molecule has 0 radical (unpaired) electrons. The van der Waals surface area contributed by atoms with Crippen molar-refractivity contribution < 1.29 is 14.1 Å². The summed E-state index contributed by atoms with van der Waals surface area (Å²) in [7, 11) is 15.5. The maximum Gasteiger partial charge on any atom is 0.162 e. The Bertz CT molecular complexity index is 557. The van der Waals surface area contributed by atoms with E-state index in [4.69, 9.17) is 0 Å². The third kappa shape index (κ3) is 45.7. The Kier molecular flexibility index (Phi) is 31.2. The van der Waals surface area contributed by atoms with Gasteiger partial charge in [-0.1, -0.05) is 18.2 Å². The van der Waals surface area contributed by atoms with Gasteiger partial charge in [-0.15, -0.1) is 0 Å². The monoisotopic (exact) mass is 403 g/mol. The molecule has 0 heterocycles. The lowest BCUT2D eigenvalue weighted by molar-refractivity contribution is -0.458. The molecule has 0 saturated heterocycles. The van der Waals surface area contributed by atoms with Gasteiger partial charge in [0.05, 0.1) is 0 Å². The zero-order valence-corrected chi connectivity index (χ0v) is 19.6. The molecule has 0 aliphatic carbocycles. The summed E-state index contributed by atoms with van der Waals surface area (Å²) in [6.45, 7) is 0. The highest BCUT2D eigenvalue weighted by Gasteiger charge is 1.73. The van der Waals surface area contributed by atoms with E-state index in [-0.39, 0.29) is 0 Å². The highest BCUT2D eigenvalue weighted by atomic mass is 14.9. The Labute approximate surface area is 178 Å².